The number of ether oxygens (including phenoxy) is 2. The molecule has 0 saturated heterocycles. The maximum Gasteiger partial charge on any atom is 0.272 e. The number of para-hydroxylation sites is 1. The molecule has 3 aromatic rings. The molecule has 6 heteroatoms. The summed E-state index contributed by atoms with van der Waals surface area (Å²) in [6, 6.07) is 13.2. The van der Waals surface area contributed by atoms with Crippen LogP contribution in [0.2, 0.25) is 0 Å². The van der Waals surface area contributed by atoms with Gasteiger partial charge in [0, 0.05) is 27.5 Å². The lowest BCUT2D eigenvalue weighted by Gasteiger charge is -2.20. The van der Waals surface area contributed by atoms with E-state index in [1.165, 1.54) is 0 Å². The minimum atomic E-state index is -0.210. The number of aromatic nitrogens is 1. The first kappa shape index (κ1) is 14.1. The molecule has 1 aliphatic rings. The molecule has 0 unspecified atom stereocenters. The number of carbonyl (C=O) groups excluding carboxylic acids is 1. The van der Waals surface area contributed by atoms with Crippen molar-refractivity contribution in [2.75, 3.05) is 18.5 Å². The van der Waals surface area contributed by atoms with Crippen LogP contribution in [0.4, 0.5) is 5.69 Å². The molecule has 4 rings (SSSR count). The fraction of sp³-hybridized carbons (Fsp3) is 0.118. The van der Waals surface area contributed by atoms with Crippen LogP contribution < -0.4 is 14.8 Å². The number of hydrogen-bond acceptors (Lipinski definition) is 3. The number of halogens is 1. The van der Waals surface area contributed by atoms with Gasteiger partial charge in [-0.1, -0.05) is 18.2 Å². The standard InChI is InChI=1S/C17H13BrN2O3/c18-11-8-15-16(23-6-5-22-15)9-13(11)20-17(21)14-7-10-3-1-2-4-12(10)19-14/h1-4,7-9,19H,5-6H2,(H,20,21). The number of amides is 1. The van der Waals surface area contributed by atoms with E-state index in [9.17, 15) is 4.79 Å². The molecule has 0 saturated carbocycles. The van der Waals surface area contributed by atoms with Crippen LogP contribution in [0.3, 0.4) is 0 Å². The molecule has 23 heavy (non-hydrogen) atoms. The maximum absolute atomic E-state index is 12.5. The van der Waals surface area contributed by atoms with E-state index in [4.69, 9.17) is 9.47 Å². The highest BCUT2D eigenvalue weighted by Gasteiger charge is 2.17. The number of benzene rings is 2. The molecule has 0 atom stereocenters. The van der Waals surface area contributed by atoms with Crippen LogP contribution in [-0.4, -0.2) is 24.1 Å². The van der Waals surface area contributed by atoms with E-state index < -0.39 is 0 Å². The van der Waals surface area contributed by atoms with Crippen LogP contribution in [0, 0.1) is 0 Å². The van der Waals surface area contributed by atoms with Crippen molar-refractivity contribution in [2.45, 2.75) is 0 Å². The summed E-state index contributed by atoms with van der Waals surface area (Å²) < 4.78 is 11.8. The molecule has 0 spiro atoms. The second kappa shape index (κ2) is 5.62. The molecule has 0 bridgehead atoms. The molecule has 116 valence electrons. The Hall–Kier alpha value is -2.47. The quantitative estimate of drug-likeness (QED) is 0.715. The molecule has 0 fully saturated rings. The van der Waals surface area contributed by atoms with E-state index in [1.807, 2.05) is 30.3 Å². The number of nitrogens with one attached hydrogen (secondary N) is 2. The molecule has 2 N–H and O–H groups in total. The SMILES string of the molecule is O=C(Nc1cc2c(cc1Br)OCCO2)c1cc2ccccc2[nH]1. The Kier molecular flexibility index (Phi) is 3.46. The molecule has 1 amide bonds. The lowest BCUT2D eigenvalue weighted by atomic mass is 10.2. The average Bonchev–Trinajstić information content (AvgIpc) is 3.00. The summed E-state index contributed by atoms with van der Waals surface area (Å²) in [6.45, 7) is 1.03. The van der Waals surface area contributed by atoms with Crippen LogP contribution in [-0.2, 0) is 0 Å². The van der Waals surface area contributed by atoms with Gasteiger partial charge in [0.25, 0.3) is 5.91 Å². The Balaban J connectivity index is 1.63. The predicted octanol–water partition coefficient (Wildman–Crippen LogP) is 3.95. The van der Waals surface area contributed by atoms with E-state index >= 15 is 0 Å². The second-order valence-electron chi connectivity index (χ2n) is 5.20. The summed E-state index contributed by atoms with van der Waals surface area (Å²) in [5.41, 5.74) is 2.07. The number of fused-ring (bicyclic) bond motifs is 2. The van der Waals surface area contributed by atoms with Gasteiger partial charge in [0.05, 0.1) is 5.69 Å². The van der Waals surface area contributed by atoms with E-state index in [1.54, 1.807) is 12.1 Å². The lowest BCUT2D eigenvalue weighted by molar-refractivity contribution is 0.102. The molecule has 0 aliphatic carbocycles. The largest absolute Gasteiger partial charge is 0.486 e. The maximum atomic E-state index is 12.5. The molecule has 1 aromatic heterocycles. The van der Waals surface area contributed by atoms with Gasteiger partial charge in [0.1, 0.15) is 18.9 Å². The average molecular weight is 373 g/mol. The highest BCUT2D eigenvalue weighted by Crippen LogP contribution is 2.38. The summed E-state index contributed by atoms with van der Waals surface area (Å²) in [6.07, 6.45) is 0. The number of anilines is 1. The minimum absolute atomic E-state index is 0.210. The van der Waals surface area contributed by atoms with Crippen molar-refractivity contribution >= 4 is 38.4 Å². The number of rotatable bonds is 2. The van der Waals surface area contributed by atoms with E-state index in [2.05, 4.69) is 26.2 Å². The van der Waals surface area contributed by atoms with Crippen LogP contribution in [0.15, 0.2) is 46.9 Å². The van der Waals surface area contributed by atoms with Gasteiger partial charge in [-0.25, -0.2) is 0 Å². The molecule has 0 radical (unpaired) electrons. The van der Waals surface area contributed by atoms with Crippen molar-refractivity contribution in [3.05, 3.63) is 52.6 Å². The van der Waals surface area contributed by atoms with Crippen molar-refractivity contribution < 1.29 is 14.3 Å². The molecular formula is C17H13BrN2O3. The Labute approximate surface area is 140 Å². The van der Waals surface area contributed by atoms with Crippen LogP contribution in [0.1, 0.15) is 10.5 Å². The smallest absolute Gasteiger partial charge is 0.272 e. The summed E-state index contributed by atoms with van der Waals surface area (Å²) in [4.78, 5) is 15.6. The summed E-state index contributed by atoms with van der Waals surface area (Å²) >= 11 is 3.45. The van der Waals surface area contributed by atoms with Gasteiger partial charge >= 0.3 is 0 Å². The van der Waals surface area contributed by atoms with Crippen LogP contribution in [0.25, 0.3) is 10.9 Å². The zero-order valence-electron chi connectivity index (χ0n) is 12.1. The zero-order valence-corrected chi connectivity index (χ0v) is 13.6. The van der Waals surface area contributed by atoms with Gasteiger partial charge < -0.3 is 19.8 Å². The van der Waals surface area contributed by atoms with Crippen LogP contribution >= 0.6 is 15.9 Å². The van der Waals surface area contributed by atoms with Crippen molar-refractivity contribution in [1.82, 2.24) is 4.98 Å². The Morgan fingerprint density at radius 1 is 1.09 bits per heavy atom. The predicted molar refractivity (Wildman–Crippen MR) is 91.4 cm³/mol. The van der Waals surface area contributed by atoms with E-state index in [-0.39, 0.29) is 5.91 Å². The van der Waals surface area contributed by atoms with E-state index in [0.717, 1.165) is 15.4 Å². The van der Waals surface area contributed by atoms with Gasteiger partial charge in [-0.3, -0.25) is 4.79 Å². The molecule has 2 heterocycles. The first-order valence-electron chi connectivity index (χ1n) is 7.19. The summed E-state index contributed by atoms with van der Waals surface area (Å²) in [5, 5.41) is 3.88. The van der Waals surface area contributed by atoms with Gasteiger partial charge in [-0.05, 0) is 28.1 Å². The van der Waals surface area contributed by atoms with Crippen molar-refractivity contribution in [3.63, 3.8) is 0 Å². The second-order valence-corrected chi connectivity index (χ2v) is 6.05. The molecule has 5 nitrogen and oxygen atoms in total. The highest BCUT2D eigenvalue weighted by molar-refractivity contribution is 9.10. The third-order valence-corrected chi connectivity index (χ3v) is 4.31. The Morgan fingerprint density at radius 3 is 2.61 bits per heavy atom. The number of hydrogen-bond donors (Lipinski definition) is 2. The first-order chi connectivity index (χ1) is 11.2. The van der Waals surface area contributed by atoms with Gasteiger partial charge in [0.15, 0.2) is 11.5 Å². The van der Waals surface area contributed by atoms with Gasteiger partial charge in [-0.15, -0.1) is 0 Å². The number of H-pyrrole nitrogens is 1. The zero-order chi connectivity index (χ0) is 15.8. The molecule has 2 aromatic carbocycles. The summed E-state index contributed by atoms with van der Waals surface area (Å²) in [7, 11) is 0. The Bertz CT molecular complexity index is 871. The normalized spacial score (nSPS) is 13.1. The van der Waals surface area contributed by atoms with Crippen molar-refractivity contribution in [3.8, 4) is 11.5 Å². The summed E-state index contributed by atoms with van der Waals surface area (Å²) in [5.74, 6) is 1.09. The topological polar surface area (TPSA) is 63.4 Å². The van der Waals surface area contributed by atoms with Crippen LogP contribution in [0.5, 0.6) is 11.5 Å². The third kappa shape index (κ3) is 2.66. The fourth-order valence-electron chi connectivity index (χ4n) is 2.55. The first-order valence-corrected chi connectivity index (χ1v) is 7.98. The highest BCUT2D eigenvalue weighted by atomic mass is 79.9. The minimum Gasteiger partial charge on any atom is -0.486 e. The van der Waals surface area contributed by atoms with E-state index in [0.29, 0.717) is 36.1 Å². The third-order valence-electron chi connectivity index (χ3n) is 3.65. The monoisotopic (exact) mass is 372 g/mol. The van der Waals surface area contributed by atoms with Crippen molar-refractivity contribution in [1.29, 1.82) is 0 Å². The van der Waals surface area contributed by atoms with Gasteiger partial charge in [-0.2, -0.15) is 0 Å². The molecular weight excluding hydrogens is 360 g/mol. The number of aromatic amines is 1. The molecule has 1 aliphatic heterocycles. The van der Waals surface area contributed by atoms with Crippen molar-refractivity contribution in [2.24, 2.45) is 0 Å². The fourth-order valence-corrected chi connectivity index (χ4v) is 2.97. The van der Waals surface area contributed by atoms with Gasteiger partial charge in [0.2, 0.25) is 0 Å². The lowest BCUT2D eigenvalue weighted by Crippen LogP contribution is -2.17. The number of carbonyl (C=O) groups is 1. The Morgan fingerprint density at radius 2 is 1.83 bits per heavy atom.